The van der Waals surface area contributed by atoms with Crippen molar-refractivity contribution in [3.8, 4) is 22.9 Å². The number of oxazole rings is 2. The normalized spacial score (nSPS) is 11.1. The van der Waals surface area contributed by atoms with Gasteiger partial charge in [0.1, 0.15) is 12.5 Å². The van der Waals surface area contributed by atoms with Crippen LogP contribution >= 0.6 is 0 Å². The van der Waals surface area contributed by atoms with Gasteiger partial charge in [-0.05, 0) is 33.7 Å². The van der Waals surface area contributed by atoms with Gasteiger partial charge in [-0.3, -0.25) is 0 Å². The predicted molar refractivity (Wildman–Crippen MR) is 129 cm³/mol. The Morgan fingerprint density at radius 2 is 1.06 bits per heavy atom. The molecule has 168 valence electrons. The van der Waals surface area contributed by atoms with Gasteiger partial charge in [-0.2, -0.15) is 0 Å². The fourth-order valence-electron chi connectivity index (χ4n) is 4.24. The van der Waals surface area contributed by atoms with Crippen LogP contribution in [0.5, 0.6) is 0 Å². The molecule has 35 heavy (non-hydrogen) atoms. The molecule has 6 aromatic rings. The third kappa shape index (κ3) is 3.55. The minimum Gasteiger partial charge on any atom is -0.445 e. The fourth-order valence-corrected chi connectivity index (χ4v) is 4.24. The third-order valence-electron chi connectivity index (χ3n) is 5.78. The zero-order valence-electron chi connectivity index (χ0n) is 18.2. The van der Waals surface area contributed by atoms with Crippen molar-refractivity contribution in [3.63, 3.8) is 0 Å². The average Bonchev–Trinajstić information content (AvgIpc) is 3.62. The monoisotopic (exact) mass is 460 g/mol. The van der Waals surface area contributed by atoms with E-state index < -0.39 is 11.9 Å². The second kappa shape index (κ2) is 8.39. The highest BCUT2D eigenvalue weighted by molar-refractivity contribution is 6.17. The maximum absolute atomic E-state index is 13.5. The van der Waals surface area contributed by atoms with Gasteiger partial charge in [-0.15, -0.1) is 0 Å². The standard InChI is InChI=1S/C28H16N2O5/c31-27(23-19-7-3-1-5-17(19)9-11-21(23)25-29-13-15-33-25)35-28(32)24-20-8-4-2-6-18(20)10-12-22(24)26-30-14-16-34-26/h1-16H. The number of ether oxygens (including phenoxy) is 1. The Kier molecular flexibility index (Phi) is 4.93. The first-order valence-corrected chi connectivity index (χ1v) is 10.8. The number of esters is 2. The Bertz CT molecular complexity index is 1580. The molecule has 4 aromatic carbocycles. The Morgan fingerprint density at radius 1 is 0.600 bits per heavy atom. The lowest BCUT2D eigenvalue weighted by molar-refractivity contribution is 0.0401. The topological polar surface area (TPSA) is 95.4 Å². The van der Waals surface area contributed by atoms with Crippen molar-refractivity contribution in [2.24, 2.45) is 0 Å². The van der Waals surface area contributed by atoms with Crippen LogP contribution in [0, 0.1) is 0 Å². The Balaban J connectivity index is 1.48. The minimum absolute atomic E-state index is 0.191. The van der Waals surface area contributed by atoms with Crippen LogP contribution in [0.4, 0.5) is 0 Å². The number of fused-ring (bicyclic) bond motifs is 2. The SMILES string of the molecule is O=C(OC(=O)c1c(-c2ncco2)ccc2ccccc12)c1c(-c2ncco2)ccc2ccccc12. The molecule has 2 heterocycles. The Morgan fingerprint density at radius 3 is 1.49 bits per heavy atom. The lowest BCUT2D eigenvalue weighted by atomic mass is 9.98. The zero-order valence-corrected chi connectivity index (χ0v) is 18.2. The molecular formula is C28H16N2O5. The molecule has 0 amide bonds. The van der Waals surface area contributed by atoms with Crippen LogP contribution in [-0.4, -0.2) is 21.9 Å². The quantitative estimate of drug-likeness (QED) is 0.225. The summed E-state index contributed by atoms with van der Waals surface area (Å²) in [6, 6.07) is 21.9. The van der Waals surface area contributed by atoms with Crippen molar-refractivity contribution in [1.82, 2.24) is 9.97 Å². The molecule has 0 spiro atoms. The first kappa shape index (κ1) is 20.6. The van der Waals surface area contributed by atoms with Gasteiger partial charge in [0.05, 0.1) is 34.6 Å². The van der Waals surface area contributed by atoms with Crippen molar-refractivity contribution in [2.45, 2.75) is 0 Å². The molecule has 0 aliphatic rings. The van der Waals surface area contributed by atoms with E-state index in [1.54, 1.807) is 24.3 Å². The maximum atomic E-state index is 13.5. The van der Waals surface area contributed by atoms with Crippen LogP contribution in [-0.2, 0) is 4.74 Å². The average molecular weight is 460 g/mol. The molecule has 0 atom stereocenters. The largest absolute Gasteiger partial charge is 0.445 e. The zero-order chi connectivity index (χ0) is 23.8. The lowest BCUT2D eigenvalue weighted by Gasteiger charge is -2.13. The van der Waals surface area contributed by atoms with E-state index in [2.05, 4.69) is 9.97 Å². The van der Waals surface area contributed by atoms with Crippen LogP contribution in [0.25, 0.3) is 44.5 Å². The summed E-state index contributed by atoms with van der Waals surface area (Å²) >= 11 is 0. The van der Waals surface area contributed by atoms with Crippen LogP contribution in [0.1, 0.15) is 20.7 Å². The molecule has 0 bridgehead atoms. The van der Waals surface area contributed by atoms with Crippen LogP contribution in [0.2, 0.25) is 0 Å². The number of carbonyl (C=O) groups is 2. The van der Waals surface area contributed by atoms with Gasteiger partial charge >= 0.3 is 11.9 Å². The number of hydrogen-bond acceptors (Lipinski definition) is 7. The van der Waals surface area contributed by atoms with E-state index in [1.165, 1.54) is 24.9 Å². The second-order valence-corrected chi connectivity index (χ2v) is 7.77. The molecule has 0 N–H and O–H groups in total. The van der Waals surface area contributed by atoms with Crippen LogP contribution in [0.3, 0.4) is 0 Å². The van der Waals surface area contributed by atoms with Crippen molar-refractivity contribution >= 4 is 33.5 Å². The Hall–Kier alpha value is -5.04. The molecule has 7 heteroatoms. The summed E-state index contributed by atoms with van der Waals surface area (Å²) in [6.45, 7) is 0. The number of benzene rings is 4. The van der Waals surface area contributed by atoms with E-state index in [0.717, 1.165) is 10.8 Å². The van der Waals surface area contributed by atoms with E-state index in [1.807, 2.05) is 48.5 Å². The number of rotatable bonds is 4. The van der Waals surface area contributed by atoms with E-state index in [4.69, 9.17) is 13.6 Å². The Labute approximate surface area is 198 Å². The summed E-state index contributed by atoms with van der Waals surface area (Å²) in [5, 5.41) is 2.86. The summed E-state index contributed by atoms with van der Waals surface area (Å²) < 4.78 is 16.4. The van der Waals surface area contributed by atoms with Gasteiger partial charge in [0.2, 0.25) is 11.8 Å². The lowest BCUT2D eigenvalue weighted by Crippen LogP contribution is -2.15. The first-order valence-electron chi connectivity index (χ1n) is 10.8. The minimum atomic E-state index is -0.814. The van der Waals surface area contributed by atoms with E-state index in [9.17, 15) is 9.59 Å². The molecular weight excluding hydrogens is 444 g/mol. The number of nitrogens with zero attached hydrogens (tertiary/aromatic N) is 2. The van der Waals surface area contributed by atoms with Crippen molar-refractivity contribution in [3.05, 3.63) is 109 Å². The van der Waals surface area contributed by atoms with Gasteiger partial charge in [0, 0.05) is 0 Å². The number of aromatic nitrogens is 2. The fraction of sp³-hybridized carbons (Fsp3) is 0. The van der Waals surface area contributed by atoms with E-state index in [0.29, 0.717) is 21.9 Å². The first-order chi connectivity index (χ1) is 17.2. The molecule has 0 unspecified atom stereocenters. The van der Waals surface area contributed by atoms with Crippen molar-refractivity contribution in [1.29, 1.82) is 0 Å². The summed E-state index contributed by atoms with van der Waals surface area (Å²) in [5.41, 5.74) is 1.24. The molecule has 2 aromatic heterocycles. The van der Waals surface area contributed by atoms with Gasteiger partial charge in [-0.25, -0.2) is 19.6 Å². The smallest absolute Gasteiger partial charge is 0.347 e. The molecule has 0 fully saturated rings. The molecule has 7 nitrogen and oxygen atoms in total. The van der Waals surface area contributed by atoms with Crippen LogP contribution in [0.15, 0.2) is 107 Å². The van der Waals surface area contributed by atoms with Crippen LogP contribution < -0.4 is 0 Å². The van der Waals surface area contributed by atoms with E-state index >= 15 is 0 Å². The summed E-state index contributed by atoms with van der Waals surface area (Å²) in [5.74, 6) is -1.13. The molecule has 0 saturated heterocycles. The summed E-state index contributed by atoms with van der Waals surface area (Å²) in [4.78, 5) is 35.4. The maximum Gasteiger partial charge on any atom is 0.347 e. The molecule has 6 rings (SSSR count). The van der Waals surface area contributed by atoms with Gasteiger partial charge in [0.25, 0.3) is 0 Å². The highest BCUT2D eigenvalue weighted by atomic mass is 16.6. The summed E-state index contributed by atoms with van der Waals surface area (Å²) in [6.07, 6.45) is 5.82. The second-order valence-electron chi connectivity index (χ2n) is 7.77. The molecule has 0 aliphatic heterocycles. The van der Waals surface area contributed by atoms with Gasteiger partial charge in [0.15, 0.2) is 0 Å². The molecule has 0 radical (unpaired) electrons. The van der Waals surface area contributed by atoms with Crippen molar-refractivity contribution in [2.75, 3.05) is 0 Å². The highest BCUT2D eigenvalue weighted by Crippen LogP contribution is 2.33. The van der Waals surface area contributed by atoms with Gasteiger partial charge < -0.3 is 13.6 Å². The predicted octanol–water partition coefficient (Wildman–Crippen LogP) is 6.30. The highest BCUT2D eigenvalue weighted by Gasteiger charge is 2.27. The molecule has 0 saturated carbocycles. The number of carbonyl (C=O) groups excluding carboxylic acids is 2. The molecule has 0 aliphatic carbocycles. The number of hydrogen-bond donors (Lipinski definition) is 0. The third-order valence-corrected chi connectivity index (χ3v) is 5.78. The van der Waals surface area contributed by atoms with E-state index in [-0.39, 0.29) is 22.9 Å². The van der Waals surface area contributed by atoms with Crippen molar-refractivity contribution < 1.29 is 23.2 Å². The summed E-state index contributed by atoms with van der Waals surface area (Å²) in [7, 11) is 0. The van der Waals surface area contributed by atoms with Gasteiger partial charge in [-0.1, -0.05) is 60.7 Å².